The molecular formula is C20H20N2O4S. The molecule has 0 fully saturated rings. The summed E-state index contributed by atoms with van der Waals surface area (Å²) in [6, 6.07) is 9.15. The summed E-state index contributed by atoms with van der Waals surface area (Å²) in [6.45, 7) is 5.04. The van der Waals surface area contributed by atoms with E-state index in [4.69, 9.17) is 4.74 Å². The molecule has 2 aromatic heterocycles. The Balaban J connectivity index is 1.84. The van der Waals surface area contributed by atoms with Gasteiger partial charge >= 0.3 is 5.97 Å². The number of rotatable bonds is 6. The molecule has 0 saturated heterocycles. The molecule has 27 heavy (non-hydrogen) atoms. The van der Waals surface area contributed by atoms with E-state index in [0.717, 1.165) is 16.9 Å². The Labute approximate surface area is 160 Å². The van der Waals surface area contributed by atoms with E-state index in [1.165, 1.54) is 17.8 Å². The van der Waals surface area contributed by atoms with Gasteiger partial charge in [0.05, 0.1) is 24.4 Å². The van der Waals surface area contributed by atoms with E-state index in [1.54, 1.807) is 13.8 Å². The van der Waals surface area contributed by atoms with E-state index in [9.17, 15) is 14.4 Å². The van der Waals surface area contributed by atoms with Gasteiger partial charge in [-0.2, -0.15) is 0 Å². The minimum absolute atomic E-state index is 0.133. The Morgan fingerprint density at radius 3 is 2.63 bits per heavy atom. The van der Waals surface area contributed by atoms with E-state index in [1.807, 2.05) is 30.3 Å². The first-order chi connectivity index (χ1) is 12.9. The van der Waals surface area contributed by atoms with Gasteiger partial charge in [-0.1, -0.05) is 30.3 Å². The van der Waals surface area contributed by atoms with Crippen molar-refractivity contribution >= 4 is 33.3 Å². The fraction of sp³-hybridized carbons (Fsp3) is 0.300. The first-order valence-electron chi connectivity index (χ1n) is 8.62. The summed E-state index contributed by atoms with van der Waals surface area (Å²) in [6.07, 6.45) is 1.98. The highest BCUT2D eigenvalue weighted by Crippen LogP contribution is 2.28. The molecule has 140 valence electrons. The second kappa shape index (κ2) is 7.84. The van der Waals surface area contributed by atoms with Gasteiger partial charge in [0, 0.05) is 6.42 Å². The number of carbonyl (C=O) groups excluding carboxylic acids is 2. The maximum Gasteiger partial charge on any atom is 0.348 e. The summed E-state index contributed by atoms with van der Waals surface area (Å²) in [5.74, 6) is -0.594. The predicted octanol–water partition coefficient (Wildman–Crippen LogP) is 3.32. The minimum Gasteiger partial charge on any atom is -0.461 e. The van der Waals surface area contributed by atoms with E-state index in [0.29, 0.717) is 27.1 Å². The van der Waals surface area contributed by atoms with Crippen LogP contribution < -0.4 is 5.56 Å². The number of aryl methyl sites for hydroxylation is 1. The van der Waals surface area contributed by atoms with Gasteiger partial charge in [0.15, 0.2) is 5.78 Å². The number of Topliss-reactive ketones (excluding diaryl/α,β-unsaturated/α-hetero) is 1. The molecule has 0 aliphatic heterocycles. The molecule has 0 bridgehead atoms. The third-order valence-corrected chi connectivity index (χ3v) is 5.71. The lowest BCUT2D eigenvalue weighted by Gasteiger charge is -2.10. The Kier molecular flexibility index (Phi) is 5.51. The van der Waals surface area contributed by atoms with Gasteiger partial charge in [-0.25, -0.2) is 9.78 Å². The average molecular weight is 384 g/mol. The van der Waals surface area contributed by atoms with Crippen molar-refractivity contribution in [3.8, 4) is 0 Å². The summed E-state index contributed by atoms with van der Waals surface area (Å²) >= 11 is 1.14. The Bertz CT molecular complexity index is 1050. The molecule has 3 rings (SSSR count). The topological polar surface area (TPSA) is 78.3 Å². The number of thiophene rings is 1. The second-order valence-electron chi connectivity index (χ2n) is 6.35. The number of nitrogens with zero attached hydrogens (tertiary/aromatic N) is 2. The number of ether oxygens (including phenoxy) is 1. The van der Waals surface area contributed by atoms with Crippen molar-refractivity contribution in [1.82, 2.24) is 9.55 Å². The average Bonchev–Trinajstić information content (AvgIpc) is 3.00. The van der Waals surface area contributed by atoms with Gasteiger partial charge in [0.1, 0.15) is 9.71 Å². The van der Waals surface area contributed by atoms with Crippen LogP contribution in [0, 0.1) is 6.92 Å². The van der Waals surface area contributed by atoms with Crippen molar-refractivity contribution in [1.29, 1.82) is 0 Å². The zero-order valence-corrected chi connectivity index (χ0v) is 16.2. The molecule has 1 unspecified atom stereocenters. The highest BCUT2D eigenvalue weighted by atomic mass is 32.1. The summed E-state index contributed by atoms with van der Waals surface area (Å²) in [7, 11) is 0. The van der Waals surface area contributed by atoms with Crippen LogP contribution >= 0.6 is 11.3 Å². The van der Waals surface area contributed by atoms with Crippen molar-refractivity contribution in [2.75, 3.05) is 6.61 Å². The van der Waals surface area contributed by atoms with Gasteiger partial charge in [-0.05, 0) is 31.9 Å². The quantitative estimate of drug-likeness (QED) is 0.609. The van der Waals surface area contributed by atoms with E-state index in [-0.39, 0.29) is 17.9 Å². The normalized spacial score (nSPS) is 12.1. The molecule has 0 aliphatic carbocycles. The van der Waals surface area contributed by atoms with Crippen LogP contribution in [0.3, 0.4) is 0 Å². The van der Waals surface area contributed by atoms with Gasteiger partial charge in [-0.15, -0.1) is 11.3 Å². The predicted molar refractivity (Wildman–Crippen MR) is 104 cm³/mol. The third kappa shape index (κ3) is 3.83. The van der Waals surface area contributed by atoms with Gasteiger partial charge in [0.25, 0.3) is 5.56 Å². The van der Waals surface area contributed by atoms with E-state index < -0.39 is 12.0 Å². The van der Waals surface area contributed by atoms with Crippen molar-refractivity contribution in [3.05, 3.63) is 63.0 Å². The molecule has 0 aliphatic rings. The van der Waals surface area contributed by atoms with Crippen molar-refractivity contribution in [3.63, 3.8) is 0 Å². The molecule has 0 radical (unpaired) electrons. The van der Waals surface area contributed by atoms with Crippen molar-refractivity contribution in [2.24, 2.45) is 0 Å². The highest BCUT2D eigenvalue weighted by molar-refractivity contribution is 7.20. The maximum absolute atomic E-state index is 12.8. The van der Waals surface area contributed by atoms with Gasteiger partial charge < -0.3 is 4.74 Å². The molecule has 6 nitrogen and oxygen atoms in total. The van der Waals surface area contributed by atoms with Crippen molar-refractivity contribution < 1.29 is 14.3 Å². The highest BCUT2D eigenvalue weighted by Gasteiger charge is 2.22. The second-order valence-corrected chi connectivity index (χ2v) is 7.35. The molecular weight excluding hydrogens is 364 g/mol. The number of carbonyl (C=O) groups is 2. The first kappa shape index (κ1) is 19.0. The summed E-state index contributed by atoms with van der Waals surface area (Å²) in [4.78, 5) is 41.9. The van der Waals surface area contributed by atoms with Crippen LogP contribution in [-0.4, -0.2) is 27.9 Å². The third-order valence-electron chi connectivity index (χ3n) is 4.53. The lowest BCUT2D eigenvalue weighted by Crippen LogP contribution is -2.27. The largest absolute Gasteiger partial charge is 0.461 e. The summed E-state index contributed by atoms with van der Waals surface area (Å²) in [5, 5.41) is 0.366. The molecule has 0 saturated carbocycles. The number of fused-ring (bicyclic) bond motifs is 1. The lowest BCUT2D eigenvalue weighted by atomic mass is 10.2. The Morgan fingerprint density at radius 2 is 1.96 bits per heavy atom. The Morgan fingerprint density at radius 1 is 1.26 bits per heavy atom. The van der Waals surface area contributed by atoms with Crippen LogP contribution in [0.4, 0.5) is 0 Å². The number of aromatic nitrogens is 2. The zero-order valence-electron chi connectivity index (χ0n) is 15.4. The van der Waals surface area contributed by atoms with Crippen molar-refractivity contribution in [2.45, 2.75) is 33.2 Å². The van der Waals surface area contributed by atoms with Crippen LogP contribution in [0.15, 0.2) is 41.5 Å². The SMILES string of the molecule is CC(=O)C(C)n1cnc2sc(C(=O)OCCc3ccccc3)c(C)c2c1=O. The molecule has 2 heterocycles. The zero-order chi connectivity index (χ0) is 19.6. The van der Waals surface area contributed by atoms with Gasteiger partial charge in [0.2, 0.25) is 0 Å². The molecule has 3 aromatic rings. The van der Waals surface area contributed by atoms with Gasteiger partial charge in [-0.3, -0.25) is 14.2 Å². The number of ketones is 1. The number of benzene rings is 1. The number of hydrogen-bond donors (Lipinski definition) is 0. The number of esters is 1. The molecule has 1 atom stereocenters. The van der Waals surface area contributed by atoms with E-state index in [2.05, 4.69) is 4.98 Å². The first-order valence-corrected chi connectivity index (χ1v) is 9.43. The molecule has 0 N–H and O–H groups in total. The smallest absolute Gasteiger partial charge is 0.348 e. The fourth-order valence-electron chi connectivity index (χ4n) is 2.78. The lowest BCUT2D eigenvalue weighted by molar-refractivity contribution is -0.119. The van der Waals surface area contributed by atoms with Crippen LogP contribution in [0.2, 0.25) is 0 Å². The summed E-state index contributed by atoms with van der Waals surface area (Å²) in [5.41, 5.74) is 1.31. The Hall–Kier alpha value is -2.80. The molecule has 7 heteroatoms. The van der Waals surface area contributed by atoms with Crippen LogP contribution in [-0.2, 0) is 16.0 Å². The maximum atomic E-state index is 12.8. The monoisotopic (exact) mass is 384 g/mol. The minimum atomic E-state index is -0.602. The molecule has 0 amide bonds. The van der Waals surface area contributed by atoms with Crippen LogP contribution in [0.1, 0.15) is 40.7 Å². The summed E-state index contributed by atoms with van der Waals surface area (Å²) < 4.78 is 6.68. The molecule has 0 spiro atoms. The number of hydrogen-bond acceptors (Lipinski definition) is 6. The fourth-order valence-corrected chi connectivity index (χ4v) is 3.81. The standard InChI is InChI=1S/C20H20N2O4S/c1-12-16-18(21-11-22(19(16)24)13(2)14(3)23)27-17(12)20(25)26-10-9-15-7-5-4-6-8-15/h4-8,11,13H,9-10H2,1-3H3. The molecule has 1 aromatic carbocycles. The van der Waals surface area contributed by atoms with Crippen LogP contribution in [0.5, 0.6) is 0 Å². The van der Waals surface area contributed by atoms with Crippen LogP contribution in [0.25, 0.3) is 10.2 Å². The van der Waals surface area contributed by atoms with E-state index >= 15 is 0 Å².